The number of anilines is 1. The molecule has 0 radical (unpaired) electrons. The normalized spacial score (nSPS) is 20.2. The fourth-order valence-corrected chi connectivity index (χ4v) is 4.66. The van der Waals surface area contributed by atoms with Gasteiger partial charge in [-0.2, -0.15) is 5.10 Å². The largest absolute Gasteiger partial charge is 0.368 e. The van der Waals surface area contributed by atoms with Crippen molar-refractivity contribution in [1.82, 2.24) is 29.5 Å². The van der Waals surface area contributed by atoms with Gasteiger partial charge in [0.1, 0.15) is 12.1 Å². The van der Waals surface area contributed by atoms with Gasteiger partial charge in [-0.15, -0.1) is 0 Å². The quantitative estimate of drug-likeness (QED) is 0.740. The predicted molar refractivity (Wildman–Crippen MR) is 127 cm³/mol. The smallest absolute Gasteiger partial charge is 0.266 e. The van der Waals surface area contributed by atoms with Crippen molar-refractivity contribution < 1.29 is 0 Å². The van der Waals surface area contributed by atoms with Crippen LogP contribution in [0.15, 0.2) is 23.3 Å². The lowest BCUT2D eigenvalue weighted by Gasteiger charge is -2.36. The van der Waals surface area contributed by atoms with E-state index in [-0.39, 0.29) is 11.0 Å². The van der Waals surface area contributed by atoms with Gasteiger partial charge in [-0.1, -0.05) is 27.2 Å². The zero-order valence-corrected chi connectivity index (χ0v) is 20.0. The van der Waals surface area contributed by atoms with Gasteiger partial charge >= 0.3 is 0 Å². The Morgan fingerprint density at radius 3 is 2.78 bits per heavy atom. The molecule has 4 heterocycles. The van der Waals surface area contributed by atoms with Crippen LogP contribution in [0.5, 0.6) is 0 Å². The monoisotopic (exact) mass is 439 g/mol. The molecule has 2 aromatic rings. The van der Waals surface area contributed by atoms with Crippen LogP contribution < -0.4 is 10.9 Å². The molecular weight excluding hydrogens is 402 g/mol. The third kappa shape index (κ3) is 5.35. The third-order valence-corrected chi connectivity index (χ3v) is 6.68. The van der Waals surface area contributed by atoms with Crippen molar-refractivity contribution in [1.29, 1.82) is 0 Å². The molecule has 8 heteroatoms. The molecule has 1 atom stereocenters. The number of nitrogens with zero attached hydrogens (tertiary/aromatic N) is 6. The van der Waals surface area contributed by atoms with Crippen LogP contribution in [0.2, 0.25) is 0 Å². The molecule has 1 unspecified atom stereocenters. The second-order valence-electron chi connectivity index (χ2n) is 10.2. The van der Waals surface area contributed by atoms with E-state index in [9.17, 15) is 4.79 Å². The Bertz CT molecular complexity index is 981. The molecule has 0 aromatic carbocycles. The topological polar surface area (TPSA) is 79.2 Å². The van der Waals surface area contributed by atoms with E-state index in [2.05, 4.69) is 58.0 Å². The molecule has 2 aliphatic rings. The summed E-state index contributed by atoms with van der Waals surface area (Å²) in [4.78, 5) is 26.2. The number of hydrogen-bond acceptors (Lipinski definition) is 7. The molecule has 1 fully saturated rings. The summed E-state index contributed by atoms with van der Waals surface area (Å²) in [5, 5.41) is 8.27. The van der Waals surface area contributed by atoms with Crippen molar-refractivity contribution in [3.05, 3.63) is 45.8 Å². The number of fused-ring (bicyclic) bond motifs is 1. The molecule has 0 spiro atoms. The first-order chi connectivity index (χ1) is 15.3. The van der Waals surface area contributed by atoms with Crippen LogP contribution in [0, 0.1) is 0 Å². The van der Waals surface area contributed by atoms with Gasteiger partial charge in [-0.25, -0.2) is 14.6 Å². The Kier molecular flexibility index (Phi) is 6.90. The number of aromatic nitrogens is 4. The van der Waals surface area contributed by atoms with Crippen LogP contribution in [0.25, 0.3) is 0 Å². The second kappa shape index (κ2) is 9.67. The van der Waals surface area contributed by atoms with E-state index in [1.54, 1.807) is 17.1 Å². The Morgan fingerprint density at radius 2 is 1.97 bits per heavy atom. The molecule has 0 bridgehead atoms. The summed E-state index contributed by atoms with van der Waals surface area (Å²) in [7, 11) is 2.15. The molecular formula is C24H37N7O. The van der Waals surface area contributed by atoms with E-state index >= 15 is 0 Å². The van der Waals surface area contributed by atoms with Gasteiger partial charge < -0.3 is 10.2 Å². The van der Waals surface area contributed by atoms with Gasteiger partial charge in [0.15, 0.2) is 0 Å². The van der Waals surface area contributed by atoms with Gasteiger partial charge in [0.2, 0.25) is 0 Å². The van der Waals surface area contributed by atoms with Crippen LogP contribution in [0.1, 0.15) is 57.0 Å². The fraction of sp³-hybridized carbons (Fsp3) is 0.667. The predicted octanol–water partition coefficient (Wildman–Crippen LogP) is 2.29. The third-order valence-electron chi connectivity index (χ3n) is 6.68. The first kappa shape index (κ1) is 22.9. The maximum atomic E-state index is 12.4. The van der Waals surface area contributed by atoms with Gasteiger partial charge in [0, 0.05) is 55.7 Å². The Labute approximate surface area is 191 Å². The minimum Gasteiger partial charge on any atom is -0.368 e. The van der Waals surface area contributed by atoms with Crippen molar-refractivity contribution in [3.8, 4) is 0 Å². The van der Waals surface area contributed by atoms with Crippen LogP contribution in [0.3, 0.4) is 0 Å². The Hall–Kier alpha value is -2.32. The molecule has 1 saturated heterocycles. The van der Waals surface area contributed by atoms with E-state index in [1.807, 2.05) is 6.07 Å². The molecule has 0 amide bonds. The SMILES string of the molecule is CN1CCc2ncnc(NCC3CCCCN3CCn3nc(C(C)(C)C)ccc3=O)c2C1. The molecule has 32 heavy (non-hydrogen) atoms. The average molecular weight is 440 g/mol. The molecule has 2 aliphatic heterocycles. The van der Waals surface area contributed by atoms with Gasteiger partial charge in [0.05, 0.1) is 17.9 Å². The lowest BCUT2D eigenvalue weighted by molar-refractivity contribution is 0.147. The number of piperidine rings is 1. The van der Waals surface area contributed by atoms with E-state index < -0.39 is 0 Å². The molecule has 174 valence electrons. The number of nitrogens with one attached hydrogen (secondary N) is 1. The Morgan fingerprint density at radius 1 is 1.12 bits per heavy atom. The number of likely N-dealkylation sites (N-methyl/N-ethyl adjacent to an activating group) is 1. The minimum atomic E-state index is -0.0716. The highest BCUT2D eigenvalue weighted by atomic mass is 16.1. The summed E-state index contributed by atoms with van der Waals surface area (Å²) in [6.07, 6.45) is 6.27. The highest BCUT2D eigenvalue weighted by Gasteiger charge is 2.24. The number of likely N-dealkylation sites (tertiary alicyclic amines) is 1. The van der Waals surface area contributed by atoms with Crippen molar-refractivity contribution >= 4 is 5.82 Å². The van der Waals surface area contributed by atoms with E-state index in [0.29, 0.717) is 12.6 Å². The summed E-state index contributed by atoms with van der Waals surface area (Å²) in [6.45, 7) is 11.7. The zero-order chi connectivity index (χ0) is 22.7. The second-order valence-corrected chi connectivity index (χ2v) is 10.2. The van der Waals surface area contributed by atoms with Crippen molar-refractivity contribution in [2.45, 2.75) is 71.0 Å². The van der Waals surface area contributed by atoms with Crippen molar-refractivity contribution in [2.75, 3.05) is 38.5 Å². The number of hydrogen-bond donors (Lipinski definition) is 1. The summed E-state index contributed by atoms with van der Waals surface area (Å²) >= 11 is 0. The maximum Gasteiger partial charge on any atom is 0.266 e. The van der Waals surface area contributed by atoms with Crippen LogP contribution >= 0.6 is 0 Å². The van der Waals surface area contributed by atoms with Crippen molar-refractivity contribution in [2.24, 2.45) is 0 Å². The lowest BCUT2D eigenvalue weighted by atomic mass is 9.92. The molecule has 1 N–H and O–H groups in total. The first-order valence-corrected chi connectivity index (χ1v) is 11.9. The van der Waals surface area contributed by atoms with Crippen LogP contribution in [-0.2, 0) is 24.9 Å². The summed E-state index contributed by atoms with van der Waals surface area (Å²) in [5.74, 6) is 0.975. The van der Waals surface area contributed by atoms with Crippen LogP contribution in [-0.4, -0.2) is 68.8 Å². The van der Waals surface area contributed by atoms with Gasteiger partial charge in [-0.3, -0.25) is 9.69 Å². The van der Waals surface area contributed by atoms with Gasteiger partial charge in [-0.05, 0) is 32.5 Å². The maximum absolute atomic E-state index is 12.4. The van der Waals surface area contributed by atoms with E-state index in [1.165, 1.54) is 24.1 Å². The molecule has 4 rings (SSSR count). The average Bonchev–Trinajstić information content (AvgIpc) is 2.77. The molecule has 0 aliphatic carbocycles. The summed E-state index contributed by atoms with van der Waals surface area (Å²) in [6, 6.07) is 3.93. The highest BCUT2D eigenvalue weighted by Crippen LogP contribution is 2.23. The van der Waals surface area contributed by atoms with Crippen molar-refractivity contribution in [3.63, 3.8) is 0 Å². The van der Waals surface area contributed by atoms with E-state index in [4.69, 9.17) is 0 Å². The summed E-state index contributed by atoms with van der Waals surface area (Å²) < 4.78 is 1.64. The minimum absolute atomic E-state index is 0.0265. The first-order valence-electron chi connectivity index (χ1n) is 11.9. The highest BCUT2D eigenvalue weighted by molar-refractivity contribution is 5.47. The Balaban J connectivity index is 1.41. The number of rotatable bonds is 6. The van der Waals surface area contributed by atoms with Crippen LogP contribution in [0.4, 0.5) is 5.82 Å². The van der Waals surface area contributed by atoms with Gasteiger partial charge in [0.25, 0.3) is 5.56 Å². The molecule has 0 saturated carbocycles. The summed E-state index contributed by atoms with van der Waals surface area (Å²) in [5.41, 5.74) is 3.26. The molecule has 8 nitrogen and oxygen atoms in total. The zero-order valence-electron chi connectivity index (χ0n) is 20.0. The fourth-order valence-electron chi connectivity index (χ4n) is 4.66. The van der Waals surface area contributed by atoms with E-state index in [0.717, 1.165) is 57.1 Å². The lowest BCUT2D eigenvalue weighted by Crippen LogP contribution is -2.46. The standard InChI is InChI=1S/C24H37N7O/c1-24(2,3)21-8-9-22(32)31(28-21)14-13-30-11-6-5-7-18(30)15-25-23-19-16-29(4)12-10-20(19)26-17-27-23/h8-9,17-18H,5-7,10-16H2,1-4H3,(H,25,26,27). The molecule has 2 aromatic heterocycles.